The zero-order chi connectivity index (χ0) is 21.1. The van der Waals surface area contributed by atoms with Gasteiger partial charge < -0.3 is 14.8 Å². The minimum absolute atomic E-state index is 0.357. The molecule has 0 aliphatic rings. The van der Waals surface area contributed by atoms with Gasteiger partial charge in [-0.15, -0.1) is 0 Å². The van der Waals surface area contributed by atoms with Gasteiger partial charge in [0.05, 0.1) is 31.9 Å². The van der Waals surface area contributed by atoms with E-state index in [9.17, 15) is 13.2 Å². The second kappa shape index (κ2) is 8.52. The van der Waals surface area contributed by atoms with Crippen molar-refractivity contribution >= 4 is 27.3 Å². The maximum Gasteiger partial charge on any atom is 0.245 e. The van der Waals surface area contributed by atoms with Gasteiger partial charge in [0.2, 0.25) is 15.9 Å². The SMILES string of the molecule is COc1ccc(OC)c(NC(=O)CN(c2c(C)cc(C)cc2C)S(C)(=O)=O)c1. The molecule has 0 atom stereocenters. The molecular formula is C20H26N2O5S. The zero-order valence-corrected chi connectivity index (χ0v) is 17.8. The predicted molar refractivity (Wildman–Crippen MR) is 111 cm³/mol. The van der Waals surface area contributed by atoms with Crippen LogP contribution in [-0.4, -0.2) is 41.3 Å². The minimum Gasteiger partial charge on any atom is -0.497 e. The summed E-state index contributed by atoms with van der Waals surface area (Å²) in [6, 6.07) is 8.77. The Balaban J connectivity index is 2.36. The zero-order valence-electron chi connectivity index (χ0n) is 17.0. The van der Waals surface area contributed by atoms with Gasteiger partial charge >= 0.3 is 0 Å². The van der Waals surface area contributed by atoms with E-state index < -0.39 is 15.9 Å². The number of carbonyl (C=O) groups excluding carboxylic acids is 1. The first kappa shape index (κ1) is 21.6. The van der Waals surface area contributed by atoms with Crippen LogP contribution in [0, 0.1) is 20.8 Å². The number of sulfonamides is 1. The van der Waals surface area contributed by atoms with Crippen molar-refractivity contribution in [3.8, 4) is 11.5 Å². The fraction of sp³-hybridized carbons (Fsp3) is 0.350. The lowest BCUT2D eigenvalue weighted by atomic mass is 10.1. The largest absolute Gasteiger partial charge is 0.497 e. The van der Waals surface area contributed by atoms with Gasteiger partial charge in [-0.25, -0.2) is 8.42 Å². The molecule has 0 bridgehead atoms. The molecule has 0 unspecified atom stereocenters. The molecule has 7 nitrogen and oxygen atoms in total. The van der Waals surface area contributed by atoms with Gasteiger partial charge in [-0.3, -0.25) is 9.10 Å². The molecule has 1 N–H and O–H groups in total. The Bertz CT molecular complexity index is 963. The molecule has 152 valence electrons. The average molecular weight is 407 g/mol. The normalized spacial score (nSPS) is 11.1. The van der Waals surface area contributed by atoms with E-state index in [2.05, 4.69) is 5.32 Å². The van der Waals surface area contributed by atoms with Crippen LogP contribution < -0.4 is 19.1 Å². The molecule has 0 aliphatic carbocycles. The Hall–Kier alpha value is -2.74. The summed E-state index contributed by atoms with van der Waals surface area (Å²) in [5.41, 5.74) is 3.51. The Morgan fingerprint density at radius 2 is 1.64 bits per heavy atom. The van der Waals surface area contributed by atoms with E-state index in [1.165, 1.54) is 14.2 Å². The molecule has 0 aliphatic heterocycles. The Labute approximate surface area is 166 Å². The van der Waals surface area contributed by atoms with Gasteiger partial charge in [-0.05, 0) is 44.0 Å². The van der Waals surface area contributed by atoms with E-state index in [0.29, 0.717) is 22.9 Å². The Kier molecular flexibility index (Phi) is 6.56. The van der Waals surface area contributed by atoms with E-state index in [1.54, 1.807) is 18.2 Å². The number of aryl methyl sites for hydroxylation is 3. The quantitative estimate of drug-likeness (QED) is 0.764. The van der Waals surface area contributed by atoms with E-state index in [-0.39, 0.29) is 6.54 Å². The van der Waals surface area contributed by atoms with Crippen LogP contribution in [0.25, 0.3) is 0 Å². The lowest BCUT2D eigenvalue weighted by Crippen LogP contribution is -2.38. The molecule has 0 spiro atoms. The predicted octanol–water partition coefficient (Wildman–Crippen LogP) is 3.03. The van der Waals surface area contributed by atoms with E-state index >= 15 is 0 Å². The van der Waals surface area contributed by atoms with Gasteiger partial charge in [0, 0.05) is 6.07 Å². The van der Waals surface area contributed by atoms with Crippen LogP contribution >= 0.6 is 0 Å². The number of anilines is 2. The van der Waals surface area contributed by atoms with Crippen molar-refractivity contribution in [3.05, 3.63) is 47.0 Å². The molecule has 2 aromatic rings. The topological polar surface area (TPSA) is 84.9 Å². The number of nitrogens with zero attached hydrogens (tertiary/aromatic N) is 1. The van der Waals surface area contributed by atoms with Crippen molar-refractivity contribution in [2.24, 2.45) is 0 Å². The summed E-state index contributed by atoms with van der Waals surface area (Å²) < 4.78 is 36.4. The lowest BCUT2D eigenvalue weighted by Gasteiger charge is -2.26. The highest BCUT2D eigenvalue weighted by Crippen LogP contribution is 2.30. The molecule has 1 amide bonds. The molecule has 8 heteroatoms. The van der Waals surface area contributed by atoms with Gasteiger partial charge in [-0.1, -0.05) is 17.7 Å². The monoisotopic (exact) mass is 406 g/mol. The second-order valence-electron chi connectivity index (χ2n) is 6.63. The maximum atomic E-state index is 12.7. The molecule has 0 saturated heterocycles. The maximum absolute atomic E-state index is 12.7. The molecule has 2 aromatic carbocycles. The van der Waals surface area contributed by atoms with Crippen LogP contribution in [0.2, 0.25) is 0 Å². The van der Waals surface area contributed by atoms with Gasteiger partial charge in [0.15, 0.2) is 0 Å². The van der Waals surface area contributed by atoms with Crippen LogP contribution in [0.5, 0.6) is 11.5 Å². The number of ether oxygens (including phenoxy) is 2. The highest BCUT2D eigenvalue weighted by molar-refractivity contribution is 7.92. The smallest absolute Gasteiger partial charge is 0.245 e. The molecular weight excluding hydrogens is 380 g/mol. The third-order valence-electron chi connectivity index (χ3n) is 4.25. The van der Waals surface area contributed by atoms with Crippen molar-refractivity contribution in [1.82, 2.24) is 0 Å². The van der Waals surface area contributed by atoms with Crippen LogP contribution in [0.4, 0.5) is 11.4 Å². The number of rotatable bonds is 7. The van der Waals surface area contributed by atoms with Crippen molar-refractivity contribution in [1.29, 1.82) is 0 Å². The van der Waals surface area contributed by atoms with Crippen LogP contribution in [0.1, 0.15) is 16.7 Å². The average Bonchev–Trinajstić information content (AvgIpc) is 2.59. The fourth-order valence-electron chi connectivity index (χ4n) is 3.16. The number of hydrogen-bond acceptors (Lipinski definition) is 5. The highest BCUT2D eigenvalue weighted by atomic mass is 32.2. The molecule has 0 radical (unpaired) electrons. The van der Waals surface area contributed by atoms with Crippen LogP contribution in [0.15, 0.2) is 30.3 Å². The van der Waals surface area contributed by atoms with Crippen LogP contribution in [0.3, 0.4) is 0 Å². The van der Waals surface area contributed by atoms with Crippen molar-refractivity contribution in [2.45, 2.75) is 20.8 Å². The Morgan fingerprint density at radius 3 is 2.14 bits per heavy atom. The molecule has 2 rings (SSSR count). The summed E-state index contributed by atoms with van der Waals surface area (Å²) >= 11 is 0. The number of benzene rings is 2. The first-order chi connectivity index (χ1) is 13.1. The third kappa shape index (κ3) is 4.95. The van der Waals surface area contributed by atoms with E-state index in [0.717, 1.165) is 27.3 Å². The van der Waals surface area contributed by atoms with Crippen molar-refractivity contribution in [2.75, 3.05) is 36.6 Å². The molecule has 28 heavy (non-hydrogen) atoms. The molecule has 0 aromatic heterocycles. The lowest BCUT2D eigenvalue weighted by molar-refractivity contribution is -0.114. The summed E-state index contributed by atoms with van der Waals surface area (Å²) in [5.74, 6) is 0.500. The van der Waals surface area contributed by atoms with E-state index in [1.807, 2.05) is 32.9 Å². The second-order valence-corrected chi connectivity index (χ2v) is 8.54. The first-order valence-corrected chi connectivity index (χ1v) is 10.5. The Morgan fingerprint density at radius 1 is 1.04 bits per heavy atom. The third-order valence-corrected chi connectivity index (χ3v) is 5.37. The van der Waals surface area contributed by atoms with Gasteiger partial charge in [0.1, 0.15) is 18.0 Å². The standard InChI is InChI=1S/C20H26N2O5S/c1-13-9-14(2)20(15(3)10-13)22(28(6,24)25)12-19(23)21-17-11-16(26-4)7-8-18(17)27-5/h7-11H,12H2,1-6H3,(H,21,23). The van der Waals surface area contributed by atoms with Crippen molar-refractivity contribution in [3.63, 3.8) is 0 Å². The van der Waals surface area contributed by atoms with Crippen LogP contribution in [-0.2, 0) is 14.8 Å². The van der Waals surface area contributed by atoms with Gasteiger partial charge in [0.25, 0.3) is 0 Å². The van der Waals surface area contributed by atoms with E-state index in [4.69, 9.17) is 9.47 Å². The fourth-order valence-corrected chi connectivity index (χ4v) is 4.13. The van der Waals surface area contributed by atoms with Crippen molar-refractivity contribution < 1.29 is 22.7 Å². The first-order valence-electron chi connectivity index (χ1n) is 8.64. The number of nitrogens with one attached hydrogen (secondary N) is 1. The minimum atomic E-state index is -3.68. The summed E-state index contributed by atoms with van der Waals surface area (Å²) in [6.45, 7) is 5.24. The van der Waals surface area contributed by atoms with Gasteiger partial charge in [-0.2, -0.15) is 0 Å². The number of carbonyl (C=O) groups is 1. The number of methoxy groups -OCH3 is 2. The number of hydrogen-bond donors (Lipinski definition) is 1. The highest BCUT2D eigenvalue weighted by Gasteiger charge is 2.24. The summed E-state index contributed by atoms with van der Waals surface area (Å²) in [4.78, 5) is 12.7. The summed E-state index contributed by atoms with van der Waals surface area (Å²) in [6.07, 6.45) is 1.09. The molecule has 0 fully saturated rings. The molecule has 0 saturated carbocycles. The summed E-state index contributed by atoms with van der Waals surface area (Å²) in [5, 5.41) is 2.71. The molecule has 0 heterocycles. The number of amides is 1. The summed E-state index contributed by atoms with van der Waals surface area (Å²) in [7, 11) is -0.674.